The van der Waals surface area contributed by atoms with E-state index < -0.39 is 13.7 Å². The molecule has 0 amide bonds. The summed E-state index contributed by atoms with van der Waals surface area (Å²) < 4.78 is 26.3. The number of halogens is 2. The van der Waals surface area contributed by atoms with Gasteiger partial charge in [-0.1, -0.05) is 34.6 Å². The van der Waals surface area contributed by atoms with Crippen LogP contribution in [0.25, 0.3) is 0 Å². The first-order valence-electron chi connectivity index (χ1n) is 5.39. The zero-order chi connectivity index (χ0) is 11.3. The van der Waals surface area contributed by atoms with Crippen molar-refractivity contribution in [1.29, 1.82) is 0 Å². The molecule has 0 bridgehead atoms. The first-order chi connectivity index (χ1) is 7.19. The van der Waals surface area contributed by atoms with Gasteiger partial charge in [0.05, 0.1) is 0 Å². The summed E-state index contributed by atoms with van der Waals surface area (Å²) in [5.74, 6) is -0.859. The van der Waals surface area contributed by atoms with Crippen molar-refractivity contribution in [2.75, 3.05) is 12.3 Å². The molecule has 0 aliphatic carbocycles. The molecule has 0 saturated heterocycles. The maximum atomic E-state index is 13.5. The molecule has 0 fully saturated rings. The van der Waals surface area contributed by atoms with Crippen molar-refractivity contribution in [3.8, 4) is 0 Å². The average molecular weight is 230 g/mol. The van der Waals surface area contributed by atoms with E-state index in [-0.39, 0.29) is 5.82 Å². The SMILES string of the molecule is CCCP(CCC)c1ccc(F)cc1F. The van der Waals surface area contributed by atoms with Gasteiger partial charge in [0.2, 0.25) is 0 Å². The van der Waals surface area contributed by atoms with Crippen LogP contribution in [-0.2, 0) is 0 Å². The maximum absolute atomic E-state index is 13.5. The van der Waals surface area contributed by atoms with E-state index in [1.165, 1.54) is 6.07 Å². The molecule has 0 atom stereocenters. The topological polar surface area (TPSA) is 0 Å². The molecular formula is C12H17F2P. The molecule has 3 heteroatoms. The highest BCUT2D eigenvalue weighted by Gasteiger charge is 2.13. The Kier molecular flexibility index (Phi) is 5.17. The molecule has 0 saturated carbocycles. The lowest BCUT2D eigenvalue weighted by Crippen LogP contribution is -2.11. The molecule has 0 aliphatic rings. The summed E-state index contributed by atoms with van der Waals surface area (Å²) in [7, 11) is -0.431. The van der Waals surface area contributed by atoms with Gasteiger partial charge in [0, 0.05) is 11.4 Å². The third-order valence-corrected chi connectivity index (χ3v) is 5.26. The highest BCUT2D eigenvalue weighted by atomic mass is 31.1. The molecule has 0 radical (unpaired) electrons. The zero-order valence-electron chi connectivity index (χ0n) is 9.26. The molecule has 84 valence electrons. The molecule has 0 aromatic heterocycles. The molecule has 0 nitrogen and oxygen atoms in total. The van der Waals surface area contributed by atoms with Crippen molar-refractivity contribution >= 4 is 13.2 Å². The van der Waals surface area contributed by atoms with Gasteiger partial charge in [-0.25, -0.2) is 8.78 Å². The Morgan fingerprint density at radius 2 is 1.67 bits per heavy atom. The molecule has 0 unspecified atom stereocenters. The monoisotopic (exact) mass is 230 g/mol. The minimum absolute atomic E-state index is 0.372. The van der Waals surface area contributed by atoms with Crippen LogP contribution in [0, 0.1) is 11.6 Å². The molecule has 0 heterocycles. The van der Waals surface area contributed by atoms with Crippen LogP contribution in [-0.4, -0.2) is 12.3 Å². The highest BCUT2D eigenvalue weighted by Crippen LogP contribution is 2.36. The number of hydrogen-bond donors (Lipinski definition) is 0. The fourth-order valence-corrected chi connectivity index (χ4v) is 4.07. The lowest BCUT2D eigenvalue weighted by atomic mass is 10.3. The Morgan fingerprint density at radius 3 is 2.13 bits per heavy atom. The molecular weight excluding hydrogens is 213 g/mol. The molecule has 0 aliphatic heterocycles. The normalized spacial score (nSPS) is 11.0. The van der Waals surface area contributed by atoms with E-state index in [2.05, 4.69) is 13.8 Å². The van der Waals surface area contributed by atoms with Gasteiger partial charge in [-0.3, -0.25) is 0 Å². The summed E-state index contributed by atoms with van der Waals surface area (Å²) in [6.07, 6.45) is 4.18. The van der Waals surface area contributed by atoms with Crippen LogP contribution in [0.3, 0.4) is 0 Å². The third kappa shape index (κ3) is 3.53. The summed E-state index contributed by atoms with van der Waals surface area (Å²) in [4.78, 5) is 0. The first kappa shape index (κ1) is 12.6. The second-order valence-electron chi connectivity index (χ2n) is 3.58. The van der Waals surface area contributed by atoms with Gasteiger partial charge in [0.15, 0.2) is 0 Å². The quantitative estimate of drug-likeness (QED) is 0.673. The predicted octanol–water partition coefficient (Wildman–Crippen LogP) is 3.89. The fraction of sp³-hybridized carbons (Fsp3) is 0.500. The largest absolute Gasteiger partial charge is 0.207 e. The van der Waals surface area contributed by atoms with Crippen LogP contribution >= 0.6 is 7.92 Å². The van der Waals surface area contributed by atoms with Crippen LogP contribution < -0.4 is 5.30 Å². The van der Waals surface area contributed by atoms with Crippen molar-refractivity contribution in [3.05, 3.63) is 29.8 Å². The van der Waals surface area contributed by atoms with Crippen LogP contribution in [0.1, 0.15) is 26.7 Å². The van der Waals surface area contributed by atoms with E-state index >= 15 is 0 Å². The molecule has 0 N–H and O–H groups in total. The summed E-state index contributed by atoms with van der Waals surface area (Å²) >= 11 is 0. The lowest BCUT2D eigenvalue weighted by molar-refractivity contribution is 0.588. The highest BCUT2D eigenvalue weighted by molar-refractivity contribution is 7.65. The van der Waals surface area contributed by atoms with Gasteiger partial charge in [-0.05, 0) is 24.5 Å². The van der Waals surface area contributed by atoms with Crippen molar-refractivity contribution < 1.29 is 8.78 Å². The Balaban J connectivity index is 2.89. The van der Waals surface area contributed by atoms with Gasteiger partial charge in [0.1, 0.15) is 11.6 Å². The fourth-order valence-electron chi connectivity index (χ4n) is 1.63. The molecule has 1 aromatic rings. The van der Waals surface area contributed by atoms with E-state index in [9.17, 15) is 8.78 Å². The van der Waals surface area contributed by atoms with Gasteiger partial charge in [0.25, 0.3) is 0 Å². The van der Waals surface area contributed by atoms with E-state index in [0.717, 1.165) is 36.5 Å². The van der Waals surface area contributed by atoms with Crippen molar-refractivity contribution in [1.82, 2.24) is 0 Å². The summed E-state index contributed by atoms with van der Waals surface area (Å²) in [6.45, 7) is 4.21. The molecule has 15 heavy (non-hydrogen) atoms. The van der Waals surface area contributed by atoms with Crippen molar-refractivity contribution in [2.45, 2.75) is 26.7 Å². The standard InChI is InChI=1S/C12H17F2P/c1-3-7-15(8-4-2)12-6-5-10(13)9-11(12)14/h5-6,9H,3-4,7-8H2,1-2H3. The molecule has 1 aromatic carbocycles. The first-order valence-corrected chi connectivity index (χ1v) is 7.10. The lowest BCUT2D eigenvalue weighted by Gasteiger charge is -2.17. The van der Waals surface area contributed by atoms with Crippen LogP contribution in [0.2, 0.25) is 0 Å². The number of benzene rings is 1. The summed E-state index contributed by atoms with van der Waals surface area (Å²) in [5.41, 5.74) is 0. The van der Waals surface area contributed by atoms with E-state index in [1.54, 1.807) is 6.07 Å². The maximum Gasteiger partial charge on any atom is 0.133 e. The number of rotatable bonds is 5. The van der Waals surface area contributed by atoms with Crippen LogP contribution in [0.4, 0.5) is 8.78 Å². The van der Waals surface area contributed by atoms with E-state index in [0.29, 0.717) is 0 Å². The van der Waals surface area contributed by atoms with Gasteiger partial charge in [-0.2, -0.15) is 0 Å². The van der Waals surface area contributed by atoms with Gasteiger partial charge >= 0.3 is 0 Å². The average Bonchev–Trinajstić information content (AvgIpc) is 2.17. The van der Waals surface area contributed by atoms with E-state index in [1.807, 2.05) is 0 Å². The second-order valence-corrected chi connectivity index (χ2v) is 6.04. The van der Waals surface area contributed by atoms with Crippen molar-refractivity contribution in [2.24, 2.45) is 0 Å². The van der Waals surface area contributed by atoms with E-state index in [4.69, 9.17) is 0 Å². The van der Waals surface area contributed by atoms with Gasteiger partial charge in [-0.15, -0.1) is 0 Å². The predicted molar refractivity (Wildman–Crippen MR) is 63.2 cm³/mol. The van der Waals surface area contributed by atoms with Crippen LogP contribution in [0.15, 0.2) is 18.2 Å². The second kappa shape index (κ2) is 6.17. The van der Waals surface area contributed by atoms with Crippen LogP contribution in [0.5, 0.6) is 0 Å². The minimum atomic E-state index is -0.487. The van der Waals surface area contributed by atoms with Gasteiger partial charge < -0.3 is 0 Å². The Morgan fingerprint density at radius 1 is 1.07 bits per heavy atom. The molecule has 1 rings (SSSR count). The van der Waals surface area contributed by atoms with Crippen molar-refractivity contribution in [3.63, 3.8) is 0 Å². The Labute approximate surface area is 91.5 Å². The summed E-state index contributed by atoms with van der Waals surface area (Å²) in [6, 6.07) is 3.97. The Hall–Kier alpha value is -0.490. The third-order valence-electron chi connectivity index (χ3n) is 2.24. The summed E-state index contributed by atoms with van der Waals surface area (Å²) in [5, 5.41) is 0.732. The number of hydrogen-bond acceptors (Lipinski definition) is 0. The minimum Gasteiger partial charge on any atom is -0.207 e. The molecule has 0 spiro atoms. The Bertz CT molecular complexity index is 306. The zero-order valence-corrected chi connectivity index (χ0v) is 10.2. The smallest absolute Gasteiger partial charge is 0.133 e.